The highest BCUT2D eigenvalue weighted by Crippen LogP contribution is 2.30. The standard InChI is InChI=1S/C18H14O4/c19-16-8-6-12-3-1-2-4-13(12)15(16)9-11-5-7-14(18(21)22)17(20)10-11/h1-8,10,19-20H,9H2,(H,21,22). The van der Waals surface area contributed by atoms with Gasteiger partial charge in [0.2, 0.25) is 0 Å². The molecule has 0 radical (unpaired) electrons. The molecule has 0 aliphatic rings. The van der Waals surface area contributed by atoms with Gasteiger partial charge in [-0.15, -0.1) is 0 Å². The molecule has 0 fully saturated rings. The van der Waals surface area contributed by atoms with E-state index in [0.717, 1.165) is 21.9 Å². The van der Waals surface area contributed by atoms with E-state index in [4.69, 9.17) is 5.11 Å². The van der Waals surface area contributed by atoms with E-state index in [2.05, 4.69) is 0 Å². The number of phenols is 2. The normalized spacial score (nSPS) is 10.7. The van der Waals surface area contributed by atoms with E-state index in [-0.39, 0.29) is 17.1 Å². The minimum atomic E-state index is -1.17. The Bertz CT molecular complexity index is 868. The summed E-state index contributed by atoms with van der Waals surface area (Å²) >= 11 is 0. The molecule has 0 atom stereocenters. The van der Waals surface area contributed by atoms with Crippen molar-refractivity contribution >= 4 is 16.7 Å². The van der Waals surface area contributed by atoms with Crippen LogP contribution in [-0.2, 0) is 6.42 Å². The third-order valence-corrected chi connectivity index (χ3v) is 3.69. The number of phenolic OH excluding ortho intramolecular Hbond substituents is 1. The third-order valence-electron chi connectivity index (χ3n) is 3.69. The fourth-order valence-corrected chi connectivity index (χ4v) is 2.58. The Hall–Kier alpha value is -3.01. The van der Waals surface area contributed by atoms with Crippen LogP contribution < -0.4 is 0 Å². The lowest BCUT2D eigenvalue weighted by molar-refractivity contribution is 0.0693. The molecule has 0 aromatic heterocycles. The van der Waals surface area contributed by atoms with Crippen molar-refractivity contribution in [3.8, 4) is 11.5 Å². The number of benzene rings is 3. The summed E-state index contributed by atoms with van der Waals surface area (Å²) < 4.78 is 0. The monoisotopic (exact) mass is 294 g/mol. The largest absolute Gasteiger partial charge is 0.508 e. The third kappa shape index (κ3) is 2.46. The summed E-state index contributed by atoms with van der Waals surface area (Å²) in [6.45, 7) is 0. The van der Waals surface area contributed by atoms with Gasteiger partial charge in [0.25, 0.3) is 0 Å². The number of hydrogen-bond donors (Lipinski definition) is 3. The Morgan fingerprint density at radius 2 is 1.68 bits per heavy atom. The minimum Gasteiger partial charge on any atom is -0.508 e. The average molecular weight is 294 g/mol. The number of hydrogen-bond acceptors (Lipinski definition) is 3. The average Bonchev–Trinajstić information content (AvgIpc) is 2.50. The SMILES string of the molecule is O=C(O)c1ccc(Cc2c(O)ccc3ccccc23)cc1O. The second kappa shape index (κ2) is 5.41. The highest BCUT2D eigenvalue weighted by atomic mass is 16.4. The number of carbonyl (C=O) groups is 1. The Morgan fingerprint density at radius 3 is 2.41 bits per heavy atom. The lowest BCUT2D eigenvalue weighted by Gasteiger charge is -2.10. The van der Waals surface area contributed by atoms with Crippen molar-refractivity contribution in [1.29, 1.82) is 0 Å². The molecule has 110 valence electrons. The molecular weight excluding hydrogens is 280 g/mol. The van der Waals surface area contributed by atoms with Crippen LogP contribution in [-0.4, -0.2) is 21.3 Å². The van der Waals surface area contributed by atoms with Gasteiger partial charge in [0.1, 0.15) is 17.1 Å². The molecule has 3 aromatic rings. The van der Waals surface area contributed by atoms with Crippen molar-refractivity contribution in [2.24, 2.45) is 0 Å². The van der Waals surface area contributed by atoms with Gasteiger partial charge in [-0.2, -0.15) is 0 Å². The first-order valence-electron chi connectivity index (χ1n) is 6.81. The van der Waals surface area contributed by atoms with Crippen LogP contribution >= 0.6 is 0 Å². The Labute approximate surface area is 126 Å². The molecule has 0 aliphatic carbocycles. The molecule has 0 bridgehead atoms. The summed E-state index contributed by atoms with van der Waals surface area (Å²) in [6.07, 6.45) is 0.403. The molecule has 0 heterocycles. The van der Waals surface area contributed by atoms with E-state index in [1.165, 1.54) is 12.1 Å². The van der Waals surface area contributed by atoms with Crippen molar-refractivity contribution < 1.29 is 20.1 Å². The van der Waals surface area contributed by atoms with Crippen LogP contribution in [0.4, 0.5) is 0 Å². The molecule has 0 unspecified atom stereocenters. The zero-order valence-electron chi connectivity index (χ0n) is 11.7. The molecule has 0 spiro atoms. The van der Waals surface area contributed by atoms with Crippen LogP contribution in [0.2, 0.25) is 0 Å². The predicted octanol–water partition coefficient (Wildman–Crippen LogP) is 3.54. The van der Waals surface area contributed by atoms with Crippen LogP contribution in [0.5, 0.6) is 11.5 Å². The summed E-state index contributed by atoms with van der Waals surface area (Å²) in [7, 11) is 0. The highest BCUT2D eigenvalue weighted by molar-refractivity contribution is 5.91. The van der Waals surface area contributed by atoms with Crippen molar-refractivity contribution in [3.05, 3.63) is 71.3 Å². The van der Waals surface area contributed by atoms with Gasteiger partial charge in [0, 0.05) is 12.0 Å². The Kier molecular flexibility index (Phi) is 3.43. The van der Waals surface area contributed by atoms with Crippen LogP contribution in [0.1, 0.15) is 21.5 Å². The van der Waals surface area contributed by atoms with Crippen LogP contribution in [0, 0.1) is 0 Å². The van der Waals surface area contributed by atoms with E-state index in [9.17, 15) is 15.0 Å². The minimum absolute atomic E-state index is 0.133. The van der Waals surface area contributed by atoms with Gasteiger partial charge in [-0.05, 0) is 34.5 Å². The molecule has 22 heavy (non-hydrogen) atoms. The van der Waals surface area contributed by atoms with Crippen molar-refractivity contribution in [2.75, 3.05) is 0 Å². The summed E-state index contributed by atoms with van der Waals surface area (Å²) in [6, 6.07) is 15.6. The number of aromatic hydroxyl groups is 2. The molecule has 0 aliphatic heterocycles. The van der Waals surface area contributed by atoms with Crippen molar-refractivity contribution in [3.63, 3.8) is 0 Å². The number of rotatable bonds is 3. The number of fused-ring (bicyclic) bond motifs is 1. The Morgan fingerprint density at radius 1 is 0.909 bits per heavy atom. The van der Waals surface area contributed by atoms with Gasteiger partial charge < -0.3 is 15.3 Å². The second-order valence-electron chi connectivity index (χ2n) is 5.12. The van der Waals surface area contributed by atoms with E-state index >= 15 is 0 Å². The van der Waals surface area contributed by atoms with E-state index < -0.39 is 5.97 Å². The van der Waals surface area contributed by atoms with Gasteiger partial charge in [-0.1, -0.05) is 36.4 Å². The first-order chi connectivity index (χ1) is 10.6. The van der Waals surface area contributed by atoms with Crippen LogP contribution in [0.25, 0.3) is 10.8 Å². The predicted molar refractivity (Wildman–Crippen MR) is 83.5 cm³/mol. The quantitative estimate of drug-likeness (QED) is 0.690. The summed E-state index contributed by atoms with van der Waals surface area (Å²) in [5.74, 6) is -1.26. The summed E-state index contributed by atoms with van der Waals surface area (Å²) in [5, 5.41) is 30.8. The summed E-state index contributed by atoms with van der Waals surface area (Å²) in [4.78, 5) is 10.9. The first kappa shape index (κ1) is 13.9. The molecule has 4 nitrogen and oxygen atoms in total. The fraction of sp³-hybridized carbons (Fsp3) is 0.0556. The topological polar surface area (TPSA) is 77.8 Å². The molecule has 3 N–H and O–H groups in total. The highest BCUT2D eigenvalue weighted by Gasteiger charge is 2.12. The molecule has 0 saturated carbocycles. The number of carboxylic acid groups (broad SMARTS) is 1. The van der Waals surface area contributed by atoms with Gasteiger partial charge in [0.05, 0.1) is 0 Å². The molecule has 3 rings (SSSR count). The molecule has 4 heteroatoms. The fourth-order valence-electron chi connectivity index (χ4n) is 2.58. The molecule has 3 aromatic carbocycles. The number of aromatic carboxylic acids is 1. The smallest absolute Gasteiger partial charge is 0.339 e. The maximum Gasteiger partial charge on any atom is 0.339 e. The van der Waals surface area contributed by atoms with Gasteiger partial charge in [-0.25, -0.2) is 4.79 Å². The zero-order valence-corrected chi connectivity index (χ0v) is 11.7. The second-order valence-corrected chi connectivity index (χ2v) is 5.12. The first-order valence-corrected chi connectivity index (χ1v) is 6.81. The Balaban J connectivity index is 2.05. The van der Waals surface area contributed by atoms with E-state index in [1.807, 2.05) is 30.3 Å². The van der Waals surface area contributed by atoms with E-state index in [1.54, 1.807) is 12.1 Å². The van der Waals surface area contributed by atoms with Gasteiger partial charge >= 0.3 is 5.97 Å². The molecule has 0 saturated heterocycles. The lowest BCUT2D eigenvalue weighted by atomic mass is 9.96. The number of carboxylic acids is 1. The maximum atomic E-state index is 10.9. The van der Waals surface area contributed by atoms with Gasteiger partial charge in [0.15, 0.2) is 0 Å². The maximum absolute atomic E-state index is 10.9. The van der Waals surface area contributed by atoms with Crippen molar-refractivity contribution in [1.82, 2.24) is 0 Å². The molecular formula is C18H14O4. The lowest BCUT2D eigenvalue weighted by Crippen LogP contribution is -1.98. The van der Waals surface area contributed by atoms with Crippen LogP contribution in [0.15, 0.2) is 54.6 Å². The summed E-state index contributed by atoms with van der Waals surface area (Å²) in [5.41, 5.74) is 1.35. The van der Waals surface area contributed by atoms with Crippen LogP contribution in [0.3, 0.4) is 0 Å². The van der Waals surface area contributed by atoms with Crippen molar-refractivity contribution in [2.45, 2.75) is 6.42 Å². The zero-order chi connectivity index (χ0) is 15.7. The van der Waals surface area contributed by atoms with Gasteiger partial charge in [-0.3, -0.25) is 0 Å². The molecule has 0 amide bonds. The van der Waals surface area contributed by atoms with E-state index in [0.29, 0.717) is 6.42 Å².